The summed E-state index contributed by atoms with van der Waals surface area (Å²) in [7, 11) is 4.23. The quantitative estimate of drug-likeness (QED) is 0.864. The minimum atomic E-state index is 0.250. The zero-order valence-corrected chi connectivity index (χ0v) is 12.6. The maximum atomic E-state index is 3.69. The molecule has 20 heavy (non-hydrogen) atoms. The van der Waals surface area contributed by atoms with E-state index in [4.69, 9.17) is 0 Å². The van der Waals surface area contributed by atoms with Crippen molar-refractivity contribution in [3.8, 4) is 0 Å². The fraction of sp³-hybridized carbons (Fsp3) is 0.333. The molecule has 0 amide bonds. The van der Waals surface area contributed by atoms with Crippen LogP contribution in [0.2, 0.25) is 0 Å². The van der Waals surface area contributed by atoms with E-state index in [0.29, 0.717) is 6.04 Å². The highest BCUT2D eigenvalue weighted by atomic mass is 15.1. The van der Waals surface area contributed by atoms with Gasteiger partial charge in [0.15, 0.2) is 0 Å². The molecule has 0 spiro atoms. The molecule has 2 aromatic carbocycles. The van der Waals surface area contributed by atoms with Crippen LogP contribution in [0.1, 0.15) is 24.1 Å². The molecule has 0 bridgehead atoms. The molecule has 0 heterocycles. The molecule has 0 radical (unpaired) electrons. The summed E-state index contributed by atoms with van der Waals surface area (Å²) in [5.41, 5.74) is 2.62. The Labute approximate surface area is 122 Å². The zero-order chi connectivity index (χ0) is 14.4. The molecule has 0 aliphatic carbocycles. The number of likely N-dealkylation sites (N-methyl/N-ethyl adjacent to an activating group) is 1. The lowest BCUT2D eigenvalue weighted by molar-refractivity contribution is 0.298. The first-order chi connectivity index (χ1) is 9.68. The molecular weight excluding hydrogens is 244 g/mol. The van der Waals surface area contributed by atoms with Crippen LogP contribution in [0.5, 0.6) is 0 Å². The standard InChI is InChI=1S/C18H24N2/c1-15(20(2)3)14-19-18(16-10-6-4-7-11-16)17-12-8-5-9-13-17/h4-13,15,18-19H,14H2,1-3H3. The molecule has 2 rings (SSSR count). The summed E-state index contributed by atoms with van der Waals surface area (Å²) in [4.78, 5) is 2.24. The van der Waals surface area contributed by atoms with Gasteiger partial charge in [0.2, 0.25) is 0 Å². The molecule has 0 aliphatic rings. The smallest absolute Gasteiger partial charge is 0.0577 e. The molecule has 1 atom stereocenters. The van der Waals surface area contributed by atoms with Crippen LogP contribution in [0, 0.1) is 0 Å². The third kappa shape index (κ3) is 3.92. The molecule has 0 saturated carbocycles. The summed E-state index contributed by atoms with van der Waals surface area (Å²) in [5, 5.41) is 3.69. The van der Waals surface area contributed by atoms with Crippen molar-refractivity contribution in [2.24, 2.45) is 0 Å². The number of rotatable bonds is 6. The largest absolute Gasteiger partial charge is 0.305 e. The van der Waals surface area contributed by atoms with Crippen molar-refractivity contribution >= 4 is 0 Å². The second-order valence-electron chi connectivity index (χ2n) is 5.48. The van der Waals surface area contributed by atoms with E-state index in [2.05, 4.69) is 91.9 Å². The second kappa shape index (κ2) is 7.22. The molecule has 0 fully saturated rings. The lowest BCUT2D eigenvalue weighted by atomic mass is 9.98. The summed E-state index contributed by atoms with van der Waals surface area (Å²) < 4.78 is 0. The van der Waals surface area contributed by atoms with Gasteiger partial charge in [0.1, 0.15) is 0 Å². The van der Waals surface area contributed by atoms with Gasteiger partial charge in [-0.1, -0.05) is 60.7 Å². The summed E-state index contributed by atoms with van der Waals surface area (Å²) >= 11 is 0. The minimum absolute atomic E-state index is 0.250. The van der Waals surface area contributed by atoms with Crippen molar-refractivity contribution in [2.45, 2.75) is 19.0 Å². The maximum absolute atomic E-state index is 3.69. The average molecular weight is 268 g/mol. The van der Waals surface area contributed by atoms with Gasteiger partial charge in [-0.15, -0.1) is 0 Å². The summed E-state index contributed by atoms with van der Waals surface area (Å²) in [6.45, 7) is 3.20. The lowest BCUT2D eigenvalue weighted by Crippen LogP contribution is -2.37. The Morgan fingerprint density at radius 2 is 1.30 bits per heavy atom. The van der Waals surface area contributed by atoms with Crippen LogP contribution in [-0.2, 0) is 0 Å². The Bertz CT molecular complexity index is 454. The minimum Gasteiger partial charge on any atom is -0.305 e. The lowest BCUT2D eigenvalue weighted by Gasteiger charge is -2.25. The normalized spacial score (nSPS) is 12.8. The summed E-state index contributed by atoms with van der Waals surface area (Å²) in [5.74, 6) is 0. The monoisotopic (exact) mass is 268 g/mol. The molecule has 0 saturated heterocycles. The van der Waals surface area contributed by atoms with Gasteiger partial charge in [-0.3, -0.25) is 0 Å². The average Bonchev–Trinajstić information content (AvgIpc) is 2.49. The predicted octanol–water partition coefficient (Wildman–Crippen LogP) is 3.32. The predicted molar refractivity (Wildman–Crippen MR) is 85.9 cm³/mol. The van der Waals surface area contributed by atoms with Gasteiger partial charge in [-0.25, -0.2) is 0 Å². The van der Waals surface area contributed by atoms with E-state index in [1.54, 1.807) is 0 Å². The number of nitrogens with one attached hydrogen (secondary N) is 1. The second-order valence-corrected chi connectivity index (χ2v) is 5.48. The maximum Gasteiger partial charge on any atom is 0.0577 e. The number of hydrogen-bond acceptors (Lipinski definition) is 2. The zero-order valence-electron chi connectivity index (χ0n) is 12.6. The van der Waals surface area contributed by atoms with Crippen LogP contribution < -0.4 is 5.32 Å². The molecule has 2 aromatic rings. The highest BCUT2D eigenvalue weighted by Gasteiger charge is 2.14. The summed E-state index contributed by atoms with van der Waals surface area (Å²) in [6.07, 6.45) is 0. The third-order valence-electron chi connectivity index (χ3n) is 3.76. The van der Waals surface area contributed by atoms with Gasteiger partial charge in [0.25, 0.3) is 0 Å². The SMILES string of the molecule is CC(CNC(c1ccccc1)c1ccccc1)N(C)C. The topological polar surface area (TPSA) is 15.3 Å². The van der Waals surface area contributed by atoms with Crippen LogP contribution in [0.4, 0.5) is 0 Å². The molecule has 1 N–H and O–H groups in total. The van der Waals surface area contributed by atoms with Crippen molar-refractivity contribution in [3.63, 3.8) is 0 Å². The first-order valence-corrected chi connectivity index (χ1v) is 7.18. The third-order valence-corrected chi connectivity index (χ3v) is 3.76. The highest BCUT2D eigenvalue weighted by molar-refractivity contribution is 5.31. The number of nitrogens with zero attached hydrogens (tertiary/aromatic N) is 1. The molecule has 1 unspecified atom stereocenters. The van der Waals surface area contributed by atoms with Crippen LogP contribution in [0.15, 0.2) is 60.7 Å². The highest BCUT2D eigenvalue weighted by Crippen LogP contribution is 2.21. The van der Waals surface area contributed by atoms with Gasteiger partial charge in [0, 0.05) is 12.6 Å². The van der Waals surface area contributed by atoms with E-state index in [1.807, 2.05) is 0 Å². The Morgan fingerprint density at radius 3 is 1.70 bits per heavy atom. The van der Waals surface area contributed by atoms with Crippen molar-refractivity contribution in [1.29, 1.82) is 0 Å². The van der Waals surface area contributed by atoms with Crippen LogP contribution in [0.25, 0.3) is 0 Å². The van der Waals surface area contributed by atoms with Crippen molar-refractivity contribution in [1.82, 2.24) is 10.2 Å². The molecular formula is C18H24N2. The van der Waals surface area contributed by atoms with E-state index in [0.717, 1.165) is 6.54 Å². The van der Waals surface area contributed by atoms with Crippen molar-refractivity contribution in [2.75, 3.05) is 20.6 Å². The van der Waals surface area contributed by atoms with Crippen LogP contribution >= 0.6 is 0 Å². The molecule has 106 valence electrons. The van der Waals surface area contributed by atoms with Gasteiger partial charge < -0.3 is 10.2 Å². The number of hydrogen-bond donors (Lipinski definition) is 1. The van der Waals surface area contributed by atoms with E-state index < -0.39 is 0 Å². The summed E-state index contributed by atoms with van der Waals surface area (Å²) in [6, 6.07) is 22.0. The van der Waals surface area contributed by atoms with E-state index in [9.17, 15) is 0 Å². The number of benzene rings is 2. The van der Waals surface area contributed by atoms with Gasteiger partial charge >= 0.3 is 0 Å². The Morgan fingerprint density at radius 1 is 0.850 bits per heavy atom. The Hall–Kier alpha value is -1.64. The van der Waals surface area contributed by atoms with Crippen LogP contribution in [-0.4, -0.2) is 31.6 Å². The molecule has 2 nitrogen and oxygen atoms in total. The Balaban J connectivity index is 2.17. The van der Waals surface area contributed by atoms with Gasteiger partial charge in [-0.2, -0.15) is 0 Å². The van der Waals surface area contributed by atoms with E-state index >= 15 is 0 Å². The van der Waals surface area contributed by atoms with Gasteiger partial charge in [-0.05, 0) is 32.1 Å². The van der Waals surface area contributed by atoms with Crippen LogP contribution in [0.3, 0.4) is 0 Å². The first kappa shape index (κ1) is 14.8. The van der Waals surface area contributed by atoms with Crippen molar-refractivity contribution in [3.05, 3.63) is 71.8 Å². The van der Waals surface area contributed by atoms with Gasteiger partial charge in [0.05, 0.1) is 6.04 Å². The van der Waals surface area contributed by atoms with E-state index in [-0.39, 0.29) is 6.04 Å². The fourth-order valence-electron chi connectivity index (χ4n) is 2.19. The van der Waals surface area contributed by atoms with Crippen molar-refractivity contribution < 1.29 is 0 Å². The van der Waals surface area contributed by atoms with E-state index in [1.165, 1.54) is 11.1 Å². The fourth-order valence-corrected chi connectivity index (χ4v) is 2.19. The first-order valence-electron chi connectivity index (χ1n) is 7.18. The molecule has 0 aliphatic heterocycles. The Kier molecular flexibility index (Phi) is 5.33. The molecule has 0 aromatic heterocycles. The molecule has 2 heteroatoms.